The lowest BCUT2D eigenvalue weighted by Crippen LogP contribution is -2.10. The second-order valence-electron chi connectivity index (χ2n) is 3.52. The molecule has 0 fully saturated rings. The molecule has 1 heterocycles. The summed E-state index contributed by atoms with van der Waals surface area (Å²) < 4.78 is 0. The second-order valence-corrected chi connectivity index (χ2v) is 4.51. The molecule has 0 atom stereocenters. The summed E-state index contributed by atoms with van der Waals surface area (Å²) in [5.74, 6) is 0.435. The highest BCUT2D eigenvalue weighted by atomic mass is 32.2. The lowest BCUT2D eigenvalue weighted by atomic mass is 10.1. The van der Waals surface area contributed by atoms with Crippen molar-refractivity contribution in [3.8, 4) is 0 Å². The molecule has 0 aliphatic heterocycles. The smallest absolute Gasteiger partial charge is 0.248 e. The van der Waals surface area contributed by atoms with E-state index < -0.39 is 5.91 Å². The van der Waals surface area contributed by atoms with Gasteiger partial charge in [-0.2, -0.15) is 0 Å². The average molecular weight is 244 g/mol. The first kappa shape index (κ1) is 11.7. The molecule has 2 rings (SSSR count). The number of primary amides is 1. The van der Waals surface area contributed by atoms with Crippen molar-refractivity contribution in [2.24, 2.45) is 5.73 Å². The molecule has 4 heteroatoms. The number of pyridine rings is 1. The number of hydrogen-bond donors (Lipinski definition) is 1. The van der Waals surface area contributed by atoms with E-state index in [1.807, 2.05) is 30.3 Å². The lowest BCUT2D eigenvalue weighted by molar-refractivity contribution is 0.100. The van der Waals surface area contributed by atoms with Crippen molar-refractivity contribution in [2.75, 3.05) is 0 Å². The Bertz CT molecular complexity index is 497. The molecular weight excluding hydrogens is 232 g/mol. The molecule has 0 aliphatic rings. The predicted octanol–water partition coefficient (Wildman–Crippen LogP) is 2.47. The third kappa shape index (κ3) is 3.32. The number of nitrogens with zero attached hydrogens (tertiary/aromatic N) is 1. The minimum Gasteiger partial charge on any atom is -0.366 e. The van der Waals surface area contributed by atoms with Crippen LogP contribution in [0.15, 0.2) is 53.7 Å². The fourth-order valence-electron chi connectivity index (χ4n) is 1.35. The van der Waals surface area contributed by atoms with Crippen molar-refractivity contribution < 1.29 is 4.79 Å². The van der Waals surface area contributed by atoms with Crippen LogP contribution in [0.3, 0.4) is 0 Å². The largest absolute Gasteiger partial charge is 0.366 e. The van der Waals surface area contributed by atoms with Crippen molar-refractivity contribution in [1.82, 2.24) is 4.98 Å². The van der Waals surface area contributed by atoms with Gasteiger partial charge in [-0.3, -0.25) is 4.79 Å². The molecule has 0 aliphatic carbocycles. The Morgan fingerprint density at radius 1 is 1.18 bits per heavy atom. The summed E-state index contributed by atoms with van der Waals surface area (Å²) in [6.07, 6.45) is 1.78. The van der Waals surface area contributed by atoms with E-state index in [9.17, 15) is 4.79 Å². The van der Waals surface area contributed by atoms with Gasteiger partial charge < -0.3 is 5.73 Å². The molecule has 86 valence electrons. The van der Waals surface area contributed by atoms with Crippen molar-refractivity contribution in [2.45, 2.75) is 10.8 Å². The normalized spacial score (nSPS) is 10.1. The molecule has 1 aromatic carbocycles. The minimum atomic E-state index is -0.395. The topological polar surface area (TPSA) is 56.0 Å². The van der Waals surface area contributed by atoms with Crippen LogP contribution in [0.1, 0.15) is 15.9 Å². The summed E-state index contributed by atoms with van der Waals surface area (Å²) in [5, 5.41) is 0.992. The third-order valence-electron chi connectivity index (χ3n) is 2.26. The van der Waals surface area contributed by atoms with Gasteiger partial charge in [-0.15, -0.1) is 11.8 Å². The maximum Gasteiger partial charge on any atom is 0.248 e. The van der Waals surface area contributed by atoms with Crippen LogP contribution in [-0.4, -0.2) is 10.9 Å². The van der Waals surface area contributed by atoms with E-state index in [4.69, 9.17) is 5.73 Å². The van der Waals surface area contributed by atoms with Crippen LogP contribution in [0.5, 0.6) is 0 Å². The third-order valence-corrected chi connectivity index (χ3v) is 3.28. The van der Waals surface area contributed by atoms with Gasteiger partial charge in [0.15, 0.2) is 0 Å². The quantitative estimate of drug-likeness (QED) is 0.840. The first-order valence-electron chi connectivity index (χ1n) is 5.18. The Labute approximate surface area is 104 Å². The zero-order chi connectivity index (χ0) is 12.1. The number of carbonyl (C=O) groups excluding carboxylic acids is 1. The maximum absolute atomic E-state index is 10.9. The Balaban J connectivity index is 1.98. The SMILES string of the molecule is NC(=O)c1ccc(CSc2ccccn2)cc1. The molecule has 3 nitrogen and oxygen atoms in total. The van der Waals surface area contributed by atoms with Gasteiger partial charge in [0.25, 0.3) is 0 Å². The highest BCUT2D eigenvalue weighted by Gasteiger charge is 2.00. The number of amides is 1. The molecule has 0 saturated heterocycles. The summed E-state index contributed by atoms with van der Waals surface area (Å²) in [6, 6.07) is 13.2. The fourth-order valence-corrected chi connectivity index (χ4v) is 2.17. The molecular formula is C13H12N2OS. The number of hydrogen-bond acceptors (Lipinski definition) is 3. The predicted molar refractivity (Wildman–Crippen MR) is 68.8 cm³/mol. The molecule has 2 aromatic rings. The number of carbonyl (C=O) groups is 1. The van der Waals surface area contributed by atoms with E-state index >= 15 is 0 Å². The molecule has 17 heavy (non-hydrogen) atoms. The zero-order valence-corrected chi connectivity index (χ0v) is 9.98. The molecule has 0 radical (unpaired) electrons. The molecule has 0 saturated carbocycles. The lowest BCUT2D eigenvalue weighted by Gasteiger charge is -2.02. The molecule has 0 bridgehead atoms. The summed E-state index contributed by atoms with van der Waals surface area (Å²) in [4.78, 5) is 15.1. The monoisotopic (exact) mass is 244 g/mol. The van der Waals surface area contributed by atoms with E-state index in [-0.39, 0.29) is 0 Å². The van der Waals surface area contributed by atoms with Gasteiger partial charge in [-0.25, -0.2) is 4.98 Å². The van der Waals surface area contributed by atoms with Crippen molar-refractivity contribution in [3.05, 3.63) is 59.8 Å². The molecule has 1 aromatic heterocycles. The van der Waals surface area contributed by atoms with Crippen LogP contribution >= 0.6 is 11.8 Å². The van der Waals surface area contributed by atoms with Gasteiger partial charge in [0, 0.05) is 17.5 Å². The van der Waals surface area contributed by atoms with Gasteiger partial charge in [0.05, 0.1) is 5.03 Å². The van der Waals surface area contributed by atoms with Gasteiger partial charge in [0.1, 0.15) is 0 Å². The highest BCUT2D eigenvalue weighted by molar-refractivity contribution is 7.98. The Morgan fingerprint density at radius 3 is 2.53 bits per heavy atom. The number of benzene rings is 1. The van der Waals surface area contributed by atoms with E-state index in [1.54, 1.807) is 30.1 Å². The van der Waals surface area contributed by atoms with Crippen molar-refractivity contribution in [1.29, 1.82) is 0 Å². The van der Waals surface area contributed by atoms with Gasteiger partial charge >= 0.3 is 0 Å². The number of rotatable bonds is 4. The Morgan fingerprint density at radius 2 is 1.94 bits per heavy atom. The van der Waals surface area contributed by atoms with Crippen molar-refractivity contribution in [3.63, 3.8) is 0 Å². The molecule has 0 unspecified atom stereocenters. The number of aromatic nitrogens is 1. The Kier molecular flexibility index (Phi) is 3.77. The summed E-state index contributed by atoms with van der Waals surface area (Å²) >= 11 is 1.66. The maximum atomic E-state index is 10.9. The summed E-state index contributed by atoms with van der Waals surface area (Å²) in [6.45, 7) is 0. The molecule has 0 spiro atoms. The standard InChI is InChI=1S/C13H12N2OS/c14-13(16)11-6-4-10(5-7-11)9-17-12-3-1-2-8-15-12/h1-8H,9H2,(H2,14,16). The minimum absolute atomic E-state index is 0.395. The number of thioether (sulfide) groups is 1. The van der Waals surface area contributed by atoms with Gasteiger partial charge in [-0.05, 0) is 29.8 Å². The average Bonchev–Trinajstić information content (AvgIpc) is 2.38. The van der Waals surface area contributed by atoms with Gasteiger partial charge in [-0.1, -0.05) is 18.2 Å². The second kappa shape index (κ2) is 5.50. The van der Waals surface area contributed by atoms with Crippen LogP contribution in [0.4, 0.5) is 0 Å². The van der Waals surface area contributed by atoms with E-state index in [2.05, 4.69) is 4.98 Å². The number of nitrogens with two attached hydrogens (primary N) is 1. The van der Waals surface area contributed by atoms with Crippen molar-refractivity contribution >= 4 is 17.7 Å². The first-order valence-corrected chi connectivity index (χ1v) is 6.17. The highest BCUT2D eigenvalue weighted by Crippen LogP contribution is 2.20. The molecule has 1 amide bonds. The van der Waals surface area contributed by atoms with Gasteiger partial charge in [0.2, 0.25) is 5.91 Å². The first-order chi connectivity index (χ1) is 8.25. The van der Waals surface area contributed by atoms with Crippen LogP contribution in [0.2, 0.25) is 0 Å². The van der Waals surface area contributed by atoms with Crippen LogP contribution < -0.4 is 5.73 Å². The summed E-state index contributed by atoms with van der Waals surface area (Å²) in [7, 11) is 0. The van der Waals surface area contributed by atoms with E-state index in [1.165, 1.54) is 0 Å². The van der Waals surface area contributed by atoms with Crippen LogP contribution in [0.25, 0.3) is 0 Å². The van der Waals surface area contributed by atoms with Crippen LogP contribution in [-0.2, 0) is 5.75 Å². The van der Waals surface area contributed by atoms with Crippen LogP contribution in [0, 0.1) is 0 Å². The van der Waals surface area contributed by atoms with E-state index in [0.29, 0.717) is 5.56 Å². The zero-order valence-electron chi connectivity index (χ0n) is 9.17. The molecule has 2 N–H and O–H groups in total. The Hall–Kier alpha value is -1.81. The summed E-state index contributed by atoms with van der Waals surface area (Å²) in [5.41, 5.74) is 6.86. The van der Waals surface area contributed by atoms with E-state index in [0.717, 1.165) is 16.3 Å². The fraction of sp³-hybridized carbons (Fsp3) is 0.0769.